The van der Waals surface area contributed by atoms with Gasteiger partial charge in [0.15, 0.2) is 0 Å². The van der Waals surface area contributed by atoms with Crippen LogP contribution in [0.4, 0.5) is 5.69 Å². The molecule has 0 saturated heterocycles. The second-order valence-corrected chi connectivity index (χ2v) is 10.3. The summed E-state index contributed by atoms with van der Waals surface area (Å²) in [5.74, 6) is 0. The van der Waals surface area contributed by atoms with Gasteiger partial charge in [-0.1, -0.05) is 0 Å². The molecule has 0 spiro atoms. The molecular weight excluding hydrogens is 417 g/mol. The topological polar surface area (TPSA) is 12.4 Å². The maximum absolute atomic E-state index is 5.43. The second kappa shape index (κ2) is 8.30. The Morgan fingerprint density at radius 3 is 1.93 bits per heavy atom. The van der Waals surface area contributed by atoms with E-state index in [4.69, 9.17) is 4.99 Å². The molecule has 4 rings (SSSR count). The van der Waals surface area contributed by atoms with Gasteiger partial charge in [0, 0.05) is 0 Å². The molecule has 0 amide bonds. The summed E-state index contributed by atoms with van der Waals surface area (Å²) >= 11 is 0.351. The molecular formula is C27H29NSe. The number of rotatable bonds is 6. The standard InChI is InChI=1S/C27H29NSe/c1-5-6-18-29-26(28-25-19(2)12-11-13-20(25)3)27(4)23-16-9-7-14-21(23)22-15-8-10-17-24(22)27/h7-17H,5-6,18H2,1-4H3. The van der Waals surface area contributed by atoms with Crippen LogP contribution in [0, 0.1) is 13.8 Å². The summed E-state index contributed by atoms with van der Waals surface area (Å²) in [6.45, 7) is 9.04. The van der Waals surface area contributed by atoms with E-state index in [2.05, 4.69) is 94.4 Å². The molecule has 148 valence electrons. The first kappa shape index (κ1) is 20.1. The predicted octanol–water partition coefficient (Wildman–Crippen LogP) is 7.24. The summed E-state index contributed by atoms with van der Waals surface area (Å²) < 4.78 is 1.35. The van der Waals surface area contributed by atoms with Crippen LogP contribution in [0.25, 0.3) is 11.1 Å². The average Bonchev–Trinajstić information content (AvgIpc) is 3.00. The van der Waals surface area contributed by atoms with Gasteiger partial charge >= 0.3 is 182 Å². The van der Waals surface area contributed by atoms with Crippen LogP contribution in [0.1, 0.15) is 48.9 Å². The van der Waals surface area contributed by atoms with Crippen LogP contribution in [0.2, 0.25) is 5.32 Å². The van der Waals surface area contributed by atoms with E-state index in [9.17, 15) is 0 Å². The quantitative estimate of drug-likeness (QED) is 0.215. The number of unbranched alkanes of at least 4 members (excludes halogenated alkanes) is 1. The van der Waals surface area contributed by atoms with Gasteiger partial charge in [0.25, 0.3) is 0 Å². The molecule has 0 radical (unpaired) electrons. The monoisotopic (exact) mass is 447 g/mol. The number of fused-ring (bicyclic) bond motifs is 3. The fourth-order valence-corrected chi connectivity index (χ4v) is 7.08. The first-order valence-electron chi connectivity index (χ1n) is 10.5. The molecule has 0 unspecified atom stereocenters. The third-order valence-electron chi connectivity index (χ3n) is 6.04. The van der Waals surface area contributed by atoms with Crippen LogP contribution in [-0.4, -0.2) is 19.6 Å². The van der Waals surface area contributed by atoms with Gasteiger partial charge in [0.1, 0.15) is 0 Å². The Bertz CT molecular complexity index is 998. The van der Waals surface area contributed by atoms with Gasteiger partial charge in [-0.25, -0.2) is 0 Å². The zero-order chi connectivity index (χ0) is 20.4. The van der Waals surface area contributed by atoms with Gasteiger partial charge in [-0.2, -0.15) is 0 Å². The van der Waals surface area contributed by atoms with Crippen LogP contribution in [0.3, 0.4) is 0 Å². The number of hydrogen-bond donors (Lipinski definition) is 0. The van der Waals surface area contributed by atoms with Crippen LogP contribution in [-0.2, 0) is 5.41 Å². The molecule has 1 aliphatic rings. The van der Waals surface area contributed by atoms with E-state index in [0.717, 1.165) is 5.69 Å². The molecule has 0 heterocycles. The molecule has 0 N–H and O–H groups in total. The number of nitrogens with zero attached hydrogens (tertiary/aromatic N) is 1. The molecule has 2 heteroatoms. The fraction of sp³-hybridized carbons (Fsp3) is 0.296. The van der Waals surface area contributed by atoms with Gasteiger partial charge in [0.05, 0.1) is 0 Å². The molecule has 0 saturated carbocycles. The first-order chi connectivity index (χ1) is 14.1. The summed E-state index contributed by atoms with van der Waals surface area (Å²) in [7, 11) is 0. The second-order valence-electron chi connectivity index (χ2n) is 8.08. The van der Waals surface area contributed by atoms with E-state index in [1.165, 1.54) is 56.2 Å². The summed E-state index contributed by atoms with van der Waals surface area (Å²) in [6, 6.07) is 24.3. The Morgan fingerprint density at radius 2 is 1.38 bits per heavy atom. The molecule has 0 aromatic heterocycles. The minimum atomic E-state index is -0.157. The molecule has 0 atom stereocenters. The average molecular weight is 446 g/mol. The first-order valence-corrected chi connectivity index (χ1v) is 12.6. The SMILES string of the molecule is CCCC[Se]C(=Nc1c(C)cccc1C)C1(C)c2ccccc2-c2ccccc21. The van der Waals surface area contributed by atoms with E-state index in [1.54, 1.807) is 0 Å². The van der Waals surface area contributed by atoms with E-state index < -0.39 is 0 Å². The molecule has 3 aromatic rings. The van der Waals surface area contributed by atoms with Crippen LogP contribution in [0.5, 0.6) is 0 Å². The van der Waals surface area contributed by atoms with Gasteiger partial charge in [-0.05, 0) is 0 Å². The van der Waals surface area contributed by atoms with Crippen molar-refractivity contribution in [3.8, 4) is 11.1 Å². The summed E-state index contributed by atoms with van der Waals surface area (Å²) in [5.41, 5.74) is 9.07. The van der Waals surface area contributed by atoms with Crippen LogP contribution in [0.15, 0.2) is 71.7 Å². The van der Waals surface area contributed by atoms with Crippen molar-refractivity contribution < 1.29 is 0 Å². The molecule has 3 aromatic carbocycles. The molecule has 0 bridgehead atoms. The molecule has 1 aliphatic carbocycles. The number of aryl methyl sites for hydroxylation is 2. The van der Waals surface area contributed by atoms with Crippen molar-refractivity contribution in [3.05, 3.63) is 89.0 Å². The van der Waals surface area contributed by atoms with Crippen molar-refractivity contribution in [2.45, 2.75) is 51.3 Å². The third kappa shape index (κ3) is 3.50. The van der Waals surface area contributed by atoms with E-state index in [1.807, 2.05) is 0 Å². The Balaban J connectivity index is 1.94. The van der Waals surface area contributed by atoms with Crippen molar-refractivity contribution in [3.63, 3.8) is 0 Å². The van der Waals surface area contributed by atoms with Crippen molar-refractivity contribution in [1.82, 2.24) is 0 Å². The summed E-state index contributed by atoms with van der Waals surface area (Å²) in [5, 5.41) is 1.24. The zero-order valence-corrected chi connectivity index (χ0v) is 19.5. The third-order valence-corrected chi connectivity index (χ3v) is 8.69. The number of aliphatic imine (C=N–C) groups is 1. The molecule has 0 aliphatic heterocycles. The van der Waals surface area contributed by atoms with Gasteiger partial charge < -0.3 is 0 Å². The maximum atomic E-state index is 5.43. The van der Waals surface area contributed by atoms with Crippen molar-refractivity contribution in [1.29, 1.82) is 0 Å². The van der Waals surface area contributed by atoms with E-state index in [0.29, 0.717) is 15.0 Å². The Labute approximate surface area is 181 Å². The number of hydrogen-bond acceptors (Lipinski definition) is 1. The van der Waals surface area contributed by atoms with Crippen molar-refractivity contribution >= 4 is 25.3 Å². The number of para-hydroxylation sites is 1. The zero-order valence-electron chi connectivity index (χ0n) is 17.8. The van der Waals surface area contributed by atoms with Gasteiger partial charge in [-0.15, -0.1) is 0 Å². The Hall–Kier alpha value is -2.15. The summed E-state index contributed by atoms with van der Waals surface area (Å²) in [6.07, 6.45) is 2.51. The molecule has 1 nitrogen and oxygen atoms in total. The van der Waals surface area contributed by atoms with Crippen molar-refractivity contribution in [2.75, 3.05) is 0 Å². The van der Waals surface area contributed by atoms with Gasteiger partial charge in [0.2, 0.25) is 0 Å². The van der Waals surface area contributed by atoms with Crippen molar-refractivity contribution in [2.24, 2.45) is 4.99 Å². The Morgan fingerprint density at radius 1 is 0.828 bits per heavy atom. The molecule has 29 heavy (non-hydrogen) atoms. The summed E-state index contributed by atoms with van der Waals surface area (Å²) in [4.78, 5) is 5.43. The van der Waals surface area contributed by atoms with Crippen LogP contribution < -0.4 is 0 Å². The molecule has 0 fully saturated rings. The predicted molar refractivity (Wildman–Crippen MR) is 127 cm³/mol. The van der Waals surface area contributed by atoms with E-state index in [-0.39, 0.29) is 5.41 Å². The fourth-order valence-electron chi connectivity index (χ4n) is 4.37. The number of benzene rings is 3. The Kier molecular flexibility index (Phi) is 5.76. The van der Waals surface area contributed by atoms with Gasteiger partial charge in [-0.3, -0.25) is 0 Å². The minimum absolute atomic E-state index is 0.157. The van der Waals surface area contributed by atoms with E-state index >= 15 is 0 Å². The van der Waals surface area contributed by atoms with Crippen LogP contribution >= 0.6 is 0 Å². The normalized spacial score (nSPS) is 14.6.